The Morgan fingerprint density at radius 2 is 2.50 bits per heavy atom. The number of hydrogen-bond donors (Lipinski definition) is 2. The Balaban J connectivity index is 2.09. The van der Waals surface area contributed by atoms with Gasteiger partial charge >= 0.3 is 0 Å². The van der Waals surface area contributed by atoms with Crippen LogP contribution in [0.2, 0.25) is 0 Å². The summed E-state index contributed by atoms with van der Waals surface area (Å²) in [5.41, 5.74) is 1.45. The molecule has 0 fully saturated rings. The minimum atomic E-state index is -0.163. The molecule has 0 aromatic carbocycles. The Kier molecular flexibility index (Phi) is 2.32. The molecule has 2 aromatic rings. The number of thiazole rings is 1. The first-order chi connectivity index (χ1) is 6.75. The maximum absolute atomic E-state index is 11.5. The monoisotopic (exact) mass is 207 g/mol. The van der Waals surface area contributed by atoms with Crippen LogP contribution in [0.1, 0.15) is 16.2 Å². The van der Waals surface area contributed by atoms with Gasteiger partial charge in [0.2, 0.25) is 0 Å². The third-order valence-corrected chi connectivity index (χ3v) is 2.56. The standard InChI is InChI=1S/C9H9N3OS/c1-6-5-14-9(11-6)12-8(13)7-3-2-4-10-7/h2-5,10H,1H3,(H,11,12,13). The molecule has 2 rings (SSSR count). The van der Waals surface area contributed by atoms with Crippen LogP contribution in [0.5, 0.6) is 0 Å². The SMILES string of the molecule is Cc1csc(NC(=O)c2ccc[nH]2)n1. The van der Waals surface area contributed by atoms with Gasteiger partial charge in [-0.15, -0.1) is 11.3 Å². The van der Waals surface area contributed by atoms with Gasteiger partial charge in [0.25, 0.3) is 5.91 Å². The molecule has 0 spiro atoms. The Hall–Kier alpha value is -1.62. The Bertz CT molecular complexity index is 433. The largest absolute Gasteiger partial charge is 0.357 e. The molecule has 0 bridgehead atoms. The van der Waals surface area contributed by atoms with E-state index in [9.17, 15) is 4.79 Å². The highest BCUT2D eigenvalue weighted by Gasteiger charge is 2.07. The highest BCUT2D eigenvalue weighted by atomic mass is 32.1. The van der Waals surface area contributed by atoms with Gasteiger partial charge in [-0.3, -0.25) is 10.1 Å². The molecule has 0 aliphatic rings. The topological polar surface area (TPSA) is 57.8 Å². The van der Waals surface area contributed by atoms with Crippen LogP contribution in [-0.2, 0) is 0 Å². The quantitative estimate of drug-likeness (QED) is 0.791. The fraction of sp³-hybridized carbons (Fsp3) is 0.111. The van der Waals surface area contributed by atoms with Gasteiger partial charge in [0.1, 0.15) is 5.69 Å². The van der Waals surface area contributed by atoms with E-state index in [1.165, 1.54) is 11.3 Å². The molecule has 2 heterocycles. The number of aromatic nitrogens is 2. The molecule has 0 aliphatic carbocycles. The summed E-state index contributed by atoms with van der Waals surface area (Å²) >= 11 is 1.42. The molecular formula is C9H9N3OS. The van der Waals surface area contributed by atoms with E-state index in [-0.39, 0.29) is 5.91 Å². The number of carbonyl (C=O) groups is 1. The number of nitrogens with one attached hydrogen (secondary N) is 2. The minimum absolute atomic E-state index is 0.163. The van der Waals surface area contributed by atoms with Gasteiger partial charge in [-0.2, -0.15) is 0 Å². The molecule has 72 valence electrons. The third kappa shape index (κ3) is 1.82. The Labute approximate surface area is 85.0 Å². The van der Waals surface area contributed by atoms with Crippen molar-refractivity contribution < 1.29 is 4.79 Å². The number of aryl methyl sites for hydroxylation is 1. The van der Waals surface area contributed by atoms with E-state index in [0.29, 0.717) is 10.8 Å². The number of carbonyl (C=O) groups excluding carboxylic acids is 1. The number of amides is 1. The van der Waals surface area contributed by atoms with Crippen LogP contribution in [-0.4, -0.2) is 15.9 Å². The molecule has 5 heteroatoms. The second-order valence-corrected chi connectivity index (χ2v) is 3.69. The predicted octanol–water partition coefficient (Wildman–Crippen LogP) is 2.03. The van der Waals surface area contributed by atoms with Crippen molar-refractivity contribution >= 4 is 22.4 Å². The average molecular weight is 207 g/mol. The molecule has 0 radical (unpaired) electrons. The summed E-state index contributed by atoms with van der Waals surface area (Å²) in [6.45, 7) is 1.89. The van der Waals surface area contributed by atoms with Gasteiger partial charge < -0.3 is 4.98 Å². The van der Waals surface area contributed by atoms with Crippen LogP contribution < -0.4 is 5.32 Å². The summed E-state index contributed by atoms with van der Waals surface area (Å²) in [7, 11) is 0. The number of anilines is 1. The molecule has 1 amide bonds. The first-order valence-corrected chi connectivity index (χ1v) is 5.00. The van der Waals surface area contributed by atoms with E-state index < -0.39 is 0 Å². The lowest BCUT2D eigenvalue weighted by Gasteiger charge is -1.97. The summed E-state index contributed by atoms with van der Waals surface area (Å²) < 4.78 is 0. The molecule has 14 heavy (non-hydrogen) atoms. The molecule has 0 atom stereocenters. The number of aromatic amines is 1. The van der Waals surface area contributed by atoms with Gasteiger partial charge in [0.05, 0.1) is 5.69 Å². The van der Waals surface area contributed by atoms with Crippen LogP contribution in [0.3, 0.4) is 0 Å². The fourth-order valence-corrected chi connectivity index (χ4v) is 1.73. The Morgan fingerprint density at radius 1 is 1.64 bits per heavy atom. The van der Waals surface area contributed by atoms with Crippen LogP contribution >= 0.6 is 11.3 Å². The molecule has 4 nitrogen and oxygen atoms in total. The smallest absolute Gasteiger partial charge is 0.273 e. The summed E-state index contributed by atoms with van der Waals surface area (Å²) in [4.78, 5) is 18.5. The van der Waals surface area contributed by atoms with Crippen molar-refractivity contribution in [1.29, 1.82) is 0 Å². The number of rotatable bonds is 2. The van der Waals surface area contributed by atoms with Crippen molar-refractivity contribution in [3.8, 4) is 0 Å². The second-order valence-electron chi connectivity index (χ2n) is 2.83. The van der Waals surface area contributed by atoms with E-state index in [1.54, 1.807) is 18.3 Å². The van der Waals surface area contributed by atoms with Gasteiger partial charge in [0, 0.05) is 11.6 Å². The van der Waals surface area contributed by atoms with Gasteiger partial charge in [-0.1, -0.05) is 0 Å². The molecule has 2 aromatic heterocycles. The van der Waals surface area contributed by atoms with Gasteiger partial charge in [0.15, 0.2) is 5.13 Å². The normalized spacial score (nSPS) is 10.1. The highest BCUT2D eigenvalue weighted by Crippen LogP contribution is 2.14. The second kappa shape index (κ2) is 3.63. The fourth-order valence-electron chi connectivity index (χ4n) is 1.05. The zero-order valence-corrected chi connectivity index (χ0v) is 8.39. The maximum Gasteiger partial charge on any atom is 0.273 e. The van der Waals surface area contributed by atoms with Crippen LogP contribution in [0.15, 0.2) is 23.7 Å². The van der Waals surface area contributed by atoms with Crippen molar-refractivity contribution in [2.75, 3.05) is 5.32 Å². The lowest BCUT2D eigenvalue weighted by Crippen LogP contribution is -2.11. The molecule has 2 N–H and O–H groups in total. The first-order valence-electron chi connectivity index (χ1n) is 4.12. The Morgan fingerprint density at radius 3 is 3.07 bits per heavy atom. The third-order valence-electron chi connectivity index (χ3n) is 1.68. The zero-order valence-electron chi connectivity index (χ0n) is 7.57. The van der Waals surface area contributed by atoms with Crippen molar-refractivity contribution in [3.05, 3.63) is 35.1 Å². The number of H-pyrrole nitrogens is 1. The van der Waals surface area contributed by atoms with Crippen LogP contribution in [0, 0.1) is 6.92 Å². The number of hydrogen-bond acceptors (Lipinski definition) is 3. The van der Waals surface area contributed by atoms with Crippen molar-refractivity contribution in [2.24, 2.45) is 0 Å². The van der Waals surface area contributed by atoms with Crippen LogP contribution in [0.4, 0.5) is 5.13 Å². The van der Waals surface area contributed by atoms with Crippen molar-refractivity contribution in [2.45, 2.75) is 6.92 Å². The number of nitrogens with zero attached hydrogens (tertiary/aromatic N) is 1. The lowest BCUT2D eigenvalue weighted by molar-refractivity contribution is 0.102. The summed E-state index contributed by atoms with van der Waals surface area (Å²) in [5, 5.41) is 5.22. The van der Waals surface area contributed by atoms with Crippen LogP contribution in [0.25, 0.3) is 0 Å². The molecular weight excluding hydrogens is 198 g/mol. The maximum atomic E-state index is 11.5. The first kappa shape index (κ1) is 8.96. The van der Waals surface area contributed by atoms with E-state index in [1.807, 2.05) is 12.3 Å². The molecule has 0 saturated carbocycles. The van der Waals surface area contributed by atoms with Crippen molar-refractivity contribution in [1.82, 2.24) is 9.97 Å². The van der Waals surface area contributed by atoms with Gasteiger partial charge in [-0.25, -0.2) is 4.98 Å². The minimum Gasteiger partial charge on any atom is -0.357 e. The molecule has 0 aliphatic heterocycles. The van der Waals surface area contributed by atoms with Gasteiger partial charge in [-0.05, 0) is 19.1 Å². The average Bonchev–Trinajstić information content (AvgIpc) is 2.75. The molecule has 0 saturated heterocycles. The van der Waals surface area contributed by atoms with E-state index in [4.69, 9.17) is 0 Å². The summed E-state index contributed by atoms with van der Waals surface area (Å²) in [5.74, 6) is -0.163. The van der Waals surface area contributed by atoms with E-state index in [2.05, 4.69) is 15.3 Å². The predicted molar refractivity (Wildman–Crippen MR) is 55.6 cm³/mol. The van der Waals surface area contributed by atoms with E-state index in [0.717, 1.165) is 5.69 Å². The van der Waals surface area contributed by atoms with E-state index >= 15 is 0 Å². The summed E-state index contributed by atoms with van der Waals surface area (Å²) in [6.07, 6.45) is 1.71. The summed E-state index contributed by atoms with van der Waals surface area (Å²) in [6, 6.07) is 3.50. The van der Waals surface area contributed by atoms with Crippen molar-refractivity contribution in [3.63, 3.8) is 0 Å². The highest BCUT2D eigenvalue weighted by molar-refractivity contribution is 7.13. The zero-order chi connectivity index (χ0) is 9.97. The molecule has 0 unspecified atom stereocenters. The lowest BCUT2D eigenvalue weighted by atomic mass is 10.4.